The van der Waals surface area contributed by atoms with Crippen molar-refractivity contribution in [3.8, 4) is 11.5 Å². The van der Waals surface area contributed by atoms with Crippen molar-refractivity contribution in [3.05, 3.63) is 23.2 Å². The first-order chi connectivity index (χ1) is 13.7. The number of carbonyl (C=O) groups is 2. The minimum absolute atomic E-state index is 0.0939. The molecule has 1 aromatic carbocycles. The van der Waals surface area contributed by atoms with Crippen LogP contribution in [0.15, 0.2) is 18.2 Å². The second kappa shape index (κ2) is 8.36. The molecule has 0 aliphatic carbocycles. The number of rotatable bonds is 6. The molecule has 0 spiro atoms. The quantitative estimate of drug-likeness (QED) is 0.775. The van der Waals surface area contributed by atoms with Gasteiger partial charge in [-0.2, -0.15) is 0 Å². The van der Waals surface area contributed by atoms with Crippen LogP contribution in [-0.4, -0.2) is 42.8 Å². The molecule has 2 heterocycles. The first-order valence-corrected chi connectivity index (χ1v) is 10.2. The van der Waals surface area contributed by atoms with Crippen LogP contribution < -0.4 is 19.7 Å². The number of nitrogens with one attached hydrogen (secondary N) is 1. The molecule has 3 rings (SSSR count). The SMILES string of the molecule is COc1ccc(N2C[C@H](C(=O)Nc3nnc(CC(C)(C)C)s3)CC2=O)c(OC)c1. The van der Waals surface area contributed by atoms with E-state index in [0.717, 1.165) is 11.4 Å². The van der Waals surface area contributed by atoms with Gasteiger partial charge in [-0.05, 0) is 17.5 Å². The molecule has 2 amide bonds. The zero-order valence-electron chi connectivity index (χ0n) is 17.3. The summed E-state index contributed by atoms with van der Waals surface area (Å²) in [5, 5.41) is 12.3. The molecule has 1 saturated heterocycles. The van der Waals surface area contributed by atoms with E-state index in [-0.39, 0.29) is 30.2 Å². The first kappa shape index (κ1) is 21.0. The van der Waals surface area contributed by atoms with Gasteiger partial charge in [-0.15, -0.1) is 10.2 Å². The fraction of sp³-hybridized carbons (Fsp3) is 0.500. The Morgan fingerprint density at radius 1 is 1.28 bits per heavy atom. The van der Waals surface area contributed by atoms with Gasteiger partial charge < -0.3 is 19.7 Å². The summed E-state index contributed by atoms with van der Waals surface area (Å²) in [5.74, 6) is 0.332. The molecule has 29 heavy (non-hydrogen) atoms. The zero-order chi connectivity index (χ0) is 21.2. The lowest BCUT2D eigenvalue weighted by Crippen LogP contribution is -2.28. The summed E-state index contributed by atoms with van der Waals surface area (Å²) in [7, 11) is 3.10. The fourth-order valence-electron chi connectivity index (χ4n) is 3.16. The summed E-state index contributed by atoms with van der Waals surface area (Å²) < 4.78 is 10.6. The van der Waals surface area contributed by atoms with E-state index in [0.29, 0.717) is 22.3 Å². The molecule has 2 aromatic rings. The number of hydrogen-bond donors (Lipinski definition) is 1. The van der Waals surface area contributed by atoms with Crippen LogP contribution in [0.4, 0.5) is 10.8 Å². The Labute approximate surface area is 174 Å². The van der Waals surface area contributed by atoms with E-state index in [2.05, 4.69) is 36.3 Å². The Balaban J connectivity index is 1.68. The van der Waals surface area contributed by atoms with Gasteiger partial charge in [0.1, 0.15) is 16.5 Å². The number of amides is 2. The second-order valence-electron chi connectivity index (χ2n) is 8.17. The normalized spacial score (nSPS) is 16.8. The highest BCUT2D eigenvalue weighted by atomic mass is 32.1. The molecular weight excluding hydrogens is 392 g/mol. The van der Waals surface area contributed by atoms with Gasteiger partial charge in [-0.1, -0.05) is 32.1 Å². The Kier molecular flexibility index (Phi) is 6.07. The summed E-state index contributed by atoms with van der Waals surface area (Å²) in [6.45, 7) is 6.65. The maximum atomic E-state index is 12.7. The molecular formula is C20H26N4O4S. The Morgan fingerprint density at radius 3 is 2.69 bits per heavy atom. The van der Waals surface area contributed by atoms with Crippen LogP contribution in [0.1, 0.15) is 32.2 Å². The molecule has 1 aromatic heterocycles. The lowest BCUT2D eigenvalue weighted by molar-refractivity contribution is -0.122. The molecule has 9 heteroatoms. The third-order valence-electron chi connectivity index (χ3n) is 4.55. The number of nitrogens with zero attached hydrogens (tertiary/aromatic N) is 3. The van der Waals surface area contributed by atoms with Gasteiger partial charge in [-0.3, -0.25) is 9.59 Å². The van der Waals surface area contributed by atoms with Crippen LogP contribution in [0.5, 0.6) is 11.5 Å². The molecule has 0 radical (unpaired) electrons. The third kappa shape index (κ3) is 5.03. The Bertz CT molecular complexity index is 906. The summed E-state index contributed by atoms with van der Waals surface area (Å²) in [6, 6.07) is 5.24. The summed E-state index contributed by atoms with van der Waals surface area (Å²) >= 11 is 1.37. The zero-order valence-corrected chi connectivity index (χ0v) is 18.1. The van der Waals surface area contributed by atoms with Crippen molar-refractivity contribution < 1.29 is 19.1 Å². The average Bonchev–Trinajstić information content (AvgIpc) is 3.25. The van der Waals surface area contributed by atoms with E-state index >= 15 is 0 Å². The van der Waals surface area contributed by atoms with E-state index in [9.17, 15) is 9.59 Å². The van der Waals surface area contributed by atoms with Crippen molar-refractivity contribution in [2.45, 2.75) is 33.6 Å². The van der Waals surface area contributed by atoms with Gasteiger partial charge in [0.05, 0.1) is 25.8 Å². The van der Waals surface area contributed by atoms with Crippen LogP contribution in [0.25, 0.3) is 0 Å². The van der Waals surface area contributed by atoms with E-state index in [1.165, 1.54) is 18.4 Å². The molecule has 1 N–H and O–H groups in total. The number of hydrogen-bond acceptors (Lipinski definition) is 7. The maximum absolute atomic E-state index is 12.7. The van der Waals surface area contributed by atoms with E-state index < -0.39 is 5.92 Å². The van der Waals surface area contributed by atoms with Crippen molar-refractivity contribution in [1.82, 2.24) is 10.2 Å². The second-order valence-corrected chi connectivity index (χ2v) is 9.23. The highest BCUT2D eigenvalue weighted by molar-refractivity contribution is 7.15. The molecule has 1 fully saturated rings. The standard InChI is InChI=1S/C20H26N4O4S/c1-20(2,3)10-16-22-23-19(29-16)21-18(26)12-8-17(25)24(11-12)14-7-6-13(27-4)9-15(14)28-5/h6-7,9,12H,8,10-11H2,1-5H3,(H,21,23,26)/t12-/m1/s1. The fourth-order valence-corrected chi connectivity index (χ4v) is 4.20. The van der Waals surface area contributed by atoms with Gasteiger partial charge in [0.2, 0.25) is 16.9 Å². The minimum atomic E-state index is -0.468. The molecule has 8 nitrogen and oxygen atoms in total. The van der Waals surface area contributed by atoms with Crippen molar-refractivity contribution >= 4 is 34.0 Å². The Morgan fingerprint density at radius 2 is 2.03 bits per heavy atom. The minimum Gasteiger partial charge on any atom is -0.497 e. The number of carbonyl (C=O) groups excluding carboxylic acids is 2. The summed E-state index contributed by atoms with van der Waals surface area (Å²) in [4.78, 5) is 26.8. The summed E-state index contributed by atoms with van der Waals surface area (Å²) in [6.07, 6.45) is 0.919. The number of benzene rings is 1. The van der Waals surface area contributed by atoms with Crippen molar-refractivity contribution in [2.75, 3.05) is 31.0 Å². The lowest BCUT2D eigenvalue weighted by Gasteiger charge is -2.20. The lowest BCUT2D eigenvalue weighted by atomic mass is 9.93. The smallest absolute Gasteiger partial charge is 0.231 e. The van der Waals surface area contributed by atoms with E-state index in [4.69, 9.17) is 9.47 Å². The van der Waals surface area contributed by atoms with E-state index in [1.807, 2.05) is 0 Å². The van der Waals surface area contributed by atoms with Gasteiger partial charge in [0.15, 0.2) is 0 Å². The summed E-state index contributed by atoms with van der Waals surface area (Å²) in [5.41, 5.74) is 0.716. The molecule has 0 saturated carbocycles. The van der Waals surface area contributed by atoms with E-state index in [1.54, 1.807) is 30.2 Å². The largest absolute Gasteiger partial charge is 0.497 e. The van der Waals surface area contributed by atoms with Gasteiger partial charge >= 0.3 is 0 Å². The molecule has 1 atom stereocenters. The predicted molar refractivity (Wildman–Crippen MR) is 112 cm³/mol. The van der Waals surface area contributed by atoms with Gasteiger partial charge in [0, 0.05) is 25.5 Å². The Hall–Kier alpha value is -2.68. The van der Waals surface area contributed by atoms with Crippen LogP contribution >= 0.6 is 11.3 Å². The molecule has 0 unspecified atom stereocenters. The molecule has 156 valence electrons. The van der Waals surface area contributed by atoms with Crippen molar-refractivity contribution in [2.24, 2.45) is 11.3 Å². The highest BCUT2D eigenvalue weighted by Gasteiger charge is 2.36. The molecule has 0 bridgehead atoms. The van der Waals surface area contributed by atoms with Gasteiger partial charge in [0.25, 0.3) is 0 Å². The number of methoxy groups -OCH3 is 2. The number of aromatic nitrogens is 2. The van der Waals surface area contributed by atoms with Crippen LogP contribution in [0.2, 0.25) is 0 Å². The molecule has 1 aliphatic heterocycles. The number of ether oxygens (including phenoxy) is 2. The molecule has 1 aliphatic rings. The maximum Gasteiger partial charge on any atom is 0.231 e. The van der Waals surface area contributed by atoms with Crippen LogP contribution in [-0.2, 0) is 16.0 Å². The monoisotopic (exact) mass is 418 g/mol. The van der Waals surface area contributed by atoms with Crippen LogP contribution in [0, 0.1) is 11.3 Å². The van der Waals surface area contributed by atoms with Gasteiger partial charge in [-0.25, -0.2) is 0 Å². The average molecular weight is 419 g/mol. The topological polar surface area (TPSA) is 93.6 Å². The first-order valence-electron chi connectivity index (χ1n) is 9.36. The highest BCUT2D eigenvalue weighted by Crippen LogP contribution is 2.36. The predicted octanol–water partition coefficient (Wildman–Crippen LogP) is 3.14. The third-order valence-corrected chi connectivity index (χ3v) is 5.39. The number of anilines is 2. The van der Waals surface area contributed by atoms with Crippen LogP contribution in [0.3, 0.4) is 0 Å². The van der Waals surface area contributed by atoms with Crippen molar-refractivity contribution in [1.29, 1.82) is 0 Å². The van der Waals surface area contributed by atoms with Crippen molar-refractivity contribution in [3.63, 3.8) is 0 Å².